The van der Waals surface area contributed by atoms with Gasteiger partial charge in [0.05, 0.1) is 0 Å². The third-order valence-electron chi connectivity index (χ3n) is 1.58. The fourth-order valence-corrected chi connectivity index (χ4v) is 0.578. The van der Waals surface area contributed by atoms with Gasteiger partial charge < -0.3 is 0 Å². The summed E-state index contributed by atoms with van der Waals surface area (Å²) in [4.78, 5) is 0. The summed E-state index contributed by atoms with van der Waals surface area (Å²) >= 11 is 0. The minimum absolute atomic E-state index is 0.688. The van der Waals surface area contributed by atoms with Crippen LogP contribution in [-0.4, -0.2) is 0 Å². The number of unbranched alkanes of at least 4 members (excludes halogenated alkanes) is 1. The van der Waals surface area contributed by atoms with Gasteiger partial charge in [-0.15, -0.1) is 5.73 Å². The minimum Gasteiger partial charge on any atom is -0.129 e. The highest BCUT2D eigenvalue weighted by atomic mass is 13.9. The van der Waals surface area contributed by atoms with Crippen molar-refractivity contribution >= 4 is 0 Å². The number of hydrogen-bond acceptors (Lipinski definition) is 0. The Morgan fingerprint density at radius 3 is 2.60 bits per heavy atom. The number of hydrogen-bond donors (Lipinski definition) is 0. The molecule has 0 amide bonds. The van der Waals surface area contributed by atoms with Crippen molar-refractivity contribution in [3.05, 3.63) is 17.9 Å². The molecule has 0 aromatic carbocycles. The molecule has 0 aliphatic rings. The van der Waals surface area contributed by atoms with Crippen molar-refractivity contribution in [1.29, 1.82) is 0 Å². The van der Waals surface area contributed by atoms with Gasteiger partial charge in [0.15, 0.2) is 0 Å². The Hall–Kier alpha value is -0.480. The summed E-state index contributed by atoms with van der Waals surface area (Å²) in [7, 11) is 0. The molecule has 0 N–H and O–H groups in total. The van der Waals surface area contributed by atoms with Crippen LogP contribution in [0.25, 0.3) is 0 Å². The third-order valence-corrected chi connectivity index (χ3v) is 1.58. The molecule has 0 aliphatic heterocycles. The first-order chi connectivity index (χ1) is 4.81. The zero-order valence-corrected chi connectivity index (χ0v) is 7.35. The first kappa shape index (κ1) is 9.52. The average molecular weight is 138 g/mol. The summed E-state index contributed by atoms with van der Waals surface area (Å²) in [6.45, 7) is 6.59. The molecule has 0 radical (unpaired) electrons. The van der Waals surface area contributed by atoms with Gasteiger partial charge in [-0.25, -0.2) is 0 Å². The van der Waals surface area contributed by atoms with Gasteiger partial charge in [0.2, 0.25) is 0 Å². The monoisotopic (exact) mass is 138 g/mol. The Morgan fingerprint density at radius 1 is 1.40 bits per heavy atom. The zero-order valence-electron chi connectivity index (χ0n) is 7.35. The van der Waals surface area contributed by atoms with Gasteiger partial charge in [0.1, 0.15) is 0 Å². The van der Waals surface area contributed by atoms with Gasteiger partial charge in [0, 0.05) is 0 Å². The average Bonchev–Trinajstić information content (AvgIpc) is 1.98. The van der Waals surface area contributed by atoms with Crippen LogP contribution in [0.4, 0.5) is 0 Å². The first-order valence-electron chi connectivity index (χ1n) is 4.22. The topological polar surface area (TPSA) is 0 Å². The summed E-state index contributed by atoms with van der Waals surface area (Å²) in [5, 5.41) is 0. The van der Waals surface area contributed by atoms with E-state index in [9.17, 15) is 0 Å². The molecule has 0 fully saturated rings. The van der Waals surface area contributed by atoms with Crippen LogP contribution in [0.1, 0.15) is 40.0 Å². The number of allylic oxidation sites excluding steroid dienone is 1. The van der Waals surface area contributed by atoms with Crippen LogP contribution in [0.2, 0.25) is 0 Å². The smallest absolute Gasteiger partial charge is 0.0189 e. The minimum atomic E-state index is 0.688. The van der Waals surface area contributed by atoms with E-state index in [1.165, 1.54) is 12.8 Å². The summed E-state index contributed by atoms with van der Waals surface area (Å²) in [6.07, 6.45) is 7.86. The molecule has 0 aliphatic carbocycles. The summed E-state index contributed by atoms with van der Waals surface area (Å²) in [6, 6.07) is 0. The maximum Gasteiger partial charge on any atom is -0.0189 e. The lowest BCUT2D eigenvalue weighted by Crippen LogP contribution is -1.81. The van der Waals surface area contributed by atoms with Crippen molar-refractivity contribution in [1.82, 2.24) is 0 Å². The van der Waals surface area contributed by atoms with E-state index in [2.05, 4.69) is 38.7 Å². The molecule has 0 aromatic heterocycles. The predicted molar refractivity (Wildman–Crippen MR) is 47.0 cm³/mol. The van der Waals surface area contributed by atoms with Crippen LogP contribution >= 0.6 is 0 Å². The van der Waals surface area contributed by atoms with Crippen LogP contribution in [0, 0.1) is 5.92 Å². The fourth-order valence-electron chi connectivity index (χ4n) is 0.578. The van der Waals surface area contributed by atoms with E-state index in [0.29, 0.717) is 5.92 Å². The van der Waals surface area contributed by atoms with Crippen molar-refractivity contribution in [2.24, 2.45) is 5.92 Å². The normalized spacial score (nSPS) is 11.9. The lowest BCUT2D eigenvalue weighted by molar-refractivity contribution is 0.699. The van der Waals surface area contributed by atoms with Gasteiger partial charge in [-0.2, -0.15) is 0 Å². The van der Waals surface area contributed by atoms with E-state index >= 15 is 0 Å². The lowest BCUT2D eigenvalue weighted by Gasteiger charge is -1.94. The molecular weight excluding hydrogens is 120 g/mol. The highest BCUT2D eigenvalue weighted by molar-refractivity contribution is 4.87. The molecule has 0 rings (SSSR count). The maximum absolute atomic E-state index is 3.19. The van der Waals surface area contributed by atoms with Crippen molar-refractivity contribution < 1.29 is 0 Å². The van der Waals surface area contributed by atoms with Crippen molar-refractivity contribution in [2.45, 2.75) is 40.0 Å². The van der Waals surface area contributed by atoms with Crippen LogP contribution in [0.15, 0.2) is 17.9 Å². The summed E-state index contributed by atoms with van der Waals surface area (Å²) in [5.74, 6) is 0.688. The van der Waals surface area contributed by atoms with Gasteiger partial charge in [0.25, 0.3) is 0 Å². The molecule has 0 nitrogen and oxygen atoms in total. The highest BCUT2D eigenvalue weighted by Crippen LogP contribution is 2.00. The van der Waals surface area contributed by atoms with E-state index in [1.807, 2.05) is 0 Å². The molecule has 10 heavy (non-hydrogen) atoms. The molecule has 0 spiro atoms. The Kier molecular flexibility index (Phi) is 6.32. The maximum atomic E-state index is 3.19. The lowest BCUT2D eigenvalue weighted by atomic mass is 10.1. The standard InChI is InChI=1S/C10H18/c1-4-6-7-8-9-10(3)5-2/h7,9-10H,4-6H2,1-3H3. The van der Waals surface area contributed by atoms with Gasteiger partial charge >= 0.3 is 0 Å². The molecule has 0 saturated carbocycles. The second kappa shape index (κ2) is 6.64. The summed E-state index contributed by atoms with van der Waals surface area (Å²) < 4.78 is 0. The Balaban J connectivity index is 3.51. The van der Waals surface area contributed by atoms with Crippen LogP contribution in [-0.2, 0) is 0 Å². The van der Waals surface area contributed by atoms with Gasteiger partial charge in [-0.1, -0.05) is 27.2 Å². The summed E-state index contributed by atoms with van der Waals surface area (Å²) in [5.41, 5.74) is 3.19. The molecular formula is C10H18. The molecule has 0 bridgehead atoms. The third kappa shape index (κ3) is 5.65. The van der Waals surface area contributed by atoms with E-state index in [-0.39, 0.29) is 0 Å². The molecule has 0 heteroatoms. The molecule has 0 aromatic rings. The highest BCUT2D eigenvalue weighted by Gasteiger charge is 1.86. The van der Waals surface area contributed by atoms with Gasteiger partial charge in [-0.3, -0.25) is 0 Å². The van der Waals surface area contributed by atoms with E-state index < -0.39 is 0 Å². The molecule has 58 valence electrons. The molecule has 0 heterocycles. The van der Waals surface area contributed by atoms with E-state index in [0.717, 1.165) is 6.42 Å². The van der Waals surface area contributed by atoms with E-state index in [1.54, 1.807) is 0 Å². The SMILES string of the molecule is CCCC=C=CC(C)CC. The van der Waals surface area contributed by atoms with Crippen molar-refractivity contribution in [3.63, 3.8) is 0 Å². The van der Waals surface area contributed by atoms with Crippen LogP contribution in [0.5, 0.6) is 0 Å². The van der Waals surface area contributed by atoms with E-state index in [4.69, 9.17) is 0 Å². The van der Waals surface area contributed by atoms with Crippen LogP contribution < -0.4 is 0 Å². The zero-order chi connectivity index (χ0) is 7.82. The first-order valence-corrected chi connectivity index (χ1v) is 4.22. The Morgan fingerprint density at radius 2 is 2.10 bits per heavy atom. The predicted octanol–water partition coefficient (Wildman–Crippen LogP) is 3.54. The number of rotatable bonds is 4. The Labute approximate surface area is 64.6 Å². The fraction of sp³-hybridized carbons (Fsp3) is 0.700. The molecule has 1 atom stereocenters. The second-order valence-electron chi connectivity index (χ2n) is 2.71. The van der Waals surface area contributed by atoms with Crippen molar-refractivity contribution in [3.8, 4) is 0 Å². The molecule has 0 saturated heterocycles. The quantitative estimate of drug-likeness (QED) is 0.521. The second-order valence-corrected chi connectivity index (χ2v) is 2.71. The van der Waals surface area contributed by atoms with Gasteiger partial charge in [-0.05, 0) is 30.9 Å². The largest absolute Gasteiger partial charge is 0.129 e. The van der Waals surface area contributed by atoms with Crippen LogP contribution in [0.3, 0.4) is 0 Å². The molecule has 1 unspecified atom stereocenters. The Bertz CT molecular complexity index is 116. The van der Waals surface area contributed by atoms with Crippen molar-refractivity contribution in [2.75, 3.05) is 0 Å².